The van der Waals surface area contributed by atoms with E-state index in [1.54, 1.807) is 6.20 Å². The quantitative estimate of drug-likeness (QED) is 0.693. The van der Waals surface area contributed by atoms with Gasteiger partial charge in [-0.25, -0.2) is 9.78 Å². The Hall–Kier alpha value is -1.04. The van der Waals surface area contributed by atoms with E-state index in [4.69, 9.17) is 5.11 Å². The van der Waals surface area contributed by atoms with Gasteiger partial charge in [-0.3, -0.25) is 0 Å². The van der Waals surface area contributed by atoms with Gasteiger partial charge in [0.25, 0.3) is 0 Å². The number of aromatic amines is 1. The summed E-state index contributed by atoms with van der Waals surface area (Å²) in [4.78, 5) is 16.7. The zero-order valence-electron chi connectivity index (χ0n) is 5.47. The minimum atomic E-state index is -1.06. The van der Waals surface area contributed by atoms with E-state index < -0.39 is 6.09 Å². The summed E-state index contributed by atoms with van der Waals surface area (Å²) in [5.74, 6) is 0.583. The molecule has 1 aromatic heterocycles. The van der Waals surface area contributed by atoms with Crippen LogP contribution in [0.15, 0.2) is 10.8 Å². The number of carboxylic acid groups (broad SMARTS) is 1. The van der Waals surface area contributed by atoms with Gasteiger partial charge in [0.15, 0.2) is 0 Å². The maximum absolute atomic E-state index is 10.0. The summed E-state index contributed by atoms with van der Waals surface area (Å²) in [7, 11) is 0. The smallest absolute Gasteiger partial charge is 0.405 e. The molecule has 0 aromatic carbocycles. The van der Waals surface area contributed by atoms with Crippen molar-refractivity contribution < 1.29 is 9.90 Å². The van der Waals surface area contributed by atoms with Crippen molar-refractivity contribution in [3.63, 3.8) is 0 Å². The van der Waals surface area contributed by atoms with Gasteiger partial charge in [-0.05, 0) is 15.9 Å². The Balaban J connectivity index is 2.45. The maximum Gasteiger partial charge on any atom is 0.405 e. The number of aromatic nitrogens is 2. The van der Waals surface area contributed by atoms with Crippen LogP contribution in [0.1, 0.15) is 5.82 Å². The molecule has 1 heterocycles. The van der Waals surface area contributed by atoms with Crippen molar-refractivity contribution in [1.82, 2.24) is 15.3 Å². The molecule has 0 aliphatic carbocycles. The lowest BCUT2D eigenvalue weighted by Crippen LogP contribution is -2.20. The molecule has 5 nitrogen and oxygen atoms in total. The third-order valence-electron chi connectivity index (χ3n) is 1.00. The highest BCUT2D eigenvalue weighted by Gasteiger charge is 1.98. The van der Waals surface area contributed by atoms with Crippen molar-refractivity contribution in [2.45, 2.75) is 6.54 Å². The van der Waals surface area contributed by atoms with Gasteiger partial charge in [0.05, 0.1) is 12.7 Å². The molecule has 0 saturated heterocycles. The monoisotopic (exact) mass is 219 g/mol. The first-order chi connectivity index (χ1) is 5.18. The molecule has 1 amide bonds. The first-order valence-corrected chi connectivity index (χ1v) is 3.64. The molecule has 60 valence electrons. The summed E-state index contributed by atoms with van der Waals surface area (Å²) in [5, 5.41) is 10.4. The van der Waals surface area contributed by atoms with Crippen LogP contribution in [0, 0.1) is 0 Å². The molecule has 0 bridgehead atoms. The van der Waals surface area contributed by atoms with Crippen LogP contribution in [-0.4, -0.2) is 21.2 Å². The van der Waals surface area contributed by atoms with Crippen LogP contribution in [0.2, 0.25) is 0 Å². The number of halogens is 1. The molecular weight excluding hydrogens is 214 g/mol. The summed E-state index contributed by atoms with van der Waals surface area (Å²) in [6.45, 7) is 0.195. The van der Waals surface area contributed by atoms with Crippen molar-refractivity contribution in [3.8, 4) is 0 Å². The Morgan fingerprint density at radius 3 is 3.09 bits per heavy atom. The number of H-pyrrole nitrogens is 1. The van der Waals surface area contributed by atoms with Gasteiger partial charge in [-0.1, -0.05) is 0 Å². The minimum absolute atomic E-state index is 0.195. The number of carbonyl (C=O) groups is 1. The molecule has 0 radical (unpaired) electrons. The fourth-order valence-corrected chi connectivity index (χ4v) is 0.917. The summed E-state index contributed by atoms with van der Waals surface area (Å²) in [6.07, 6.45) is 0.510. The first-order valence-electron chi connectivity index (χ1n) is 2.84. The Morgan fingerprint density at radius 1 is 1.91 bits per heavy atom. The second-order valence-electron chi connectivity index (χ2n) is 1.84. The van der Waals surface area contributed by atoms with Crippen molar-refractivity contribution in [3.05, 3.63) is 16.6 Å². The zero-order chi connectivity index (χ0) is 8.27. The van der Waals surface area contributed by atoms with Crippen LogP contribution >= 0.6 is 15.9 Å². The number of rotatable bonds is 2. The van der Waals surface area contributed by atoms with Crippen molar-refractivity contribution in [2.24, 2.45) is 0 Å². The first kappa shape index (κ1) is 8.06. The topological polar surface area (TPSA) is 78.0 Å². The van der Waals surface area contributed by atoms with E-state index in [1.807, 2.05) is 0 Å². The van der Waals surface area contributed by atoms with Gasteiger partial charge in [-0.15, -0.1) is 0 Å². The molecule has 6 heteroatoms. The van der Waals surface area contributed by atoms with Crippen LogP contribution in [0.25, 0.3) is 0 Å². The van der Waals surface area contributed by atoms with E-state index >= 15 is 0 Å². The number of hydrogen-bond donors (Lipinski definition) is 3. The summed E-state index contributed by atoms with van der Waals surface area (Å²) < 4.78 is 0.736. The van der Waals surface area contributed by atoms with Crippen molar-refractivity contribution in [1.29, 1.82) is 0 Å². The van der Waals surface area contributed by atoms with Crippen LogP contribution in [0.4, 0.5) is 4.79 Å². The molecule has 0 unspecified atom stereocenters. The van der Waals surface area contributed by atoms with Gasteiger partial charge in [-0.2, -0.15) is 0 Å². The lowest BCUT2D eigenvalue weighted by atomic mass is 10.6. The van der Waals surface area contributed by atoms with E-state index in [9.17, 15) is 4.79 Å². The van der Waals surface area contributed by atoms with Gasteiger partial charge in [0, 0.05) is 0 Å². The number of nitrogens with one attached hydrogen (secondary N) is 2. The Morgan fingerprint density at radius 2 is 2.64 bits per heavy atom. The number of nitrogens with zero attached hydrogens (tertiary/aromatic N) is 1. The van der Waals surface area contributed by atoms with Crippen molar-refractivity contribution in [2.75, 3.05) is 0 Å². The second kappa shape index (κ2) is 3.38. The lowest BCUT2D eigenvalue weighted by molar-refractivity contribution is 0.193. The molecule has 0 atom stereocenters. The Labute approximate surface area is 71.0 Å². The standard InChI is InChI=1S/C5H6BrN3O2/c6-3-1-7-4(9-3)2-8-5(10)11/h1,8H,2H2,(H,7,9)(H,10,11). The minimum Gasteiger partial charge on any atom is -0.465 e. The van der Waals surface area contributed by atoms with Crippen LogP contribution in [-0.2, 0) is 6.54 Å². The third kappa shape index (κ3) is 2.58. The molecule has 0 aliphatic rings. The van der Waals surface area contributed by atoms with E-state index in [1.165, 1.54) is 0 Å². The van der Waals surface area contributed by atoms with Crippen LogP contribution in [0.5, 0.6) is 0 Å². The SMILES string of the molecule is O=C(O)NCc1ncc(Br)[nH]1. The fourth-order valence-electron chi connectivity index (χ4n) is 0.586. The maximum atomic E-state index is 10.0. The average Bonchev–Trinajstić information content (AvgIpc) is 2.31. The van der Waals surface area contributed by atoms with E-state index in [0.717, 1.165) is 4.60 Å². The molecule has 0 aliphatic heterocycles. The molecular formula is C5H6BrN3O2. The molecule has 11 heavy (non-hydrogen) atoms. The highest BCUT2D eigenvalue weighted by Crippen LogP contribution is 2.03. The van der Waals surface area contributed by atoms with Gasteiger partial charge < -0.3 is 15.4 Å². The molecule has 3 N–H and O–H groups in total. The summed E-state index contributed by atoms with van der Waals surface area (Å²) in [5.41, 5.74) is 0. The second-order valence-corrected chi connectivity index (χ2v) is 2.69. The number of hydrogen-bond acceptors (Lipinski definition) is 2. The Kier molecular flexibility index (Phi) is 2.48. The molecule has 0 fully saturated rings. The molecule has 0 saturated carbocycles. The van der Waals surface area contributed by atoms with E-state index in [0.29, 0.717) is 5.82 Å². The highest BCUT2D eigenvalue weighted by molar-refractivity contribution is 9.10. The predicted octanol–water partition coefficient (Wildman–Crippen LogP) is 0.940. The van der Waals surface area contributed by atoms with E-state index in [-0.39, 0.29) is 6.54 Å². The fraction of sp³-hybridized carbons (Fsp3) is 0.200. The molecule has 0 spiro atoms. The molecule has 1 aromatic rings. The summed E-state index contributed by atoms with van der Waals surface area (Å²) in [6, 6.07) is 0. The Bertz CT molecular complexity index is 260. The van der Waals surface area contributed by atoms with Crippen LogP contribution < -0.4 is 5.32 Å². The summed E-state index contributed by atoms with van der Waals surface area (Å²) >= 11 is 3.15. The van der Waals surface area contributed by atoms with Gasteiger partial charge in [0.1, 0.15) is 10.4 Å². The van der Waals surface area contributed by atoms with E-state index in [2.05, 4.69) is 31.2 Å². The zero-order valence-corrected chi connectivity index (χ0v) is 7.05. The van der Waals surface area contributed by atoms with Crippen LogP contribution in [0.3, 0.4) is 0 Å². The molecule has 1 rings (SSSR count). The van der Waals surface area contributed by atoms with Crippen molar-refractivity contribution >= 4 is 22.0 Å². The normalized spacial score (nSPS) is 9.55. The van der Waals surface area contributed by atoms with Gasteiger partial charge >= 0.3 is 6.09 Å². The van der Waals surface area contributed by atoms with Gasteiger partial charge in [0.2, 0.25) is 0 Å². The highest BCUT2D eigenvalue weighted by atomic mass is 79.9. The number of imidazole rings is 1. The third-order valence-corrected chi connectivity index (χ3v) is 1.41. The average molecular weight is 220 g/mol. The largest absolute Gasteiger partial charge is 0.465 e. The lowest BCUT2D eigenvalue weighted by Gasteiger charge is -1.94. The number of amides is 1. The predicted molar refractivity (Wildman–Crippen MR) is 41.2 cm³/mol.